The first-order valence-corrected chi connectivity index (χ1v) is 8.88. The Kier molecular flexibility index (Phi) is 5.32. The van der Waals surface area contributed by atoms with Crippen LogP contribution in [-0.2, 0) is 4.79 Å². The zero-order chi connectivity index (χ0) is 17.1. The first-order valence-electron chi connectivity index (χ1n) is 7.99. The number of carbonyl (C=O) groups excluding carboxylic acids is 1. The minimum atomic E-state index is -0.269. The van der Waals surface area contributed by atoms with Crippen LogP contribution in [0.5, 0.6) is 0 Å². The van der Waals surface area contributed by atoms with Gasteiger partial charge in [0.15, 0.2) is 5.58 Å². The zero-order valence-electron chi connectivity index (χ0n) is 13.0. The van der Waals surface area contributed by atoms with Gasteiger partial charge < -0.3 is 9.73 Å². The van der Waals surface area contributed by atoms with Crippen LogP contribution in [0.4, 0.5) is 0 Å². The van der Waals surface area contributed by atoms with Crippen molar-refractivity contribution < 1.29 is 9.21 Å². The van der Waals surface area contributed by atoms with Crippen molar-refractivity contribution in [2.45, 2.75) is 30.9 Å². The number of hydrogen-bond donors (Lipinski definition) is 2. The van der Waals surface area contributed by atoms with E-state index < -0.39 is 0 Å². The number of fused-ring (bicyclic) bond motifs is 1. The summed E-state index contributed by atoms with van der Waals surface area (Å²) in [4.78, 5) is 16.9. The first-order chi connectivity index (χ1) is 11.6. The normalized spacial score (nSPS) is 22.0. The predicted octanol–water partition coefficient (Wildman–Crippen LogP) is 3.90. The molecule has 7 heteroatoms. The number of oxazole rings is 1. The molecule has 3 atom stereocenters. The maximum atomic E-state index is 12.4. The number of rotatable bonds is 4. The Labute approximate surface area is 150 Å². The maximum Gasteiger partial charge on any atom is 0.224 e. The minimum absolute atomic E-state index is 0.0285. The molecule has 1 unspecified atom stereocenters. The summed E-state index contributed by atoms with van der Waals surface area (Å²) in [6, 6.07) is 7.25. The van der Waals surface area contributed by atoms with E-state index in [9.17, 15) is 4.79 Å². The summed E-state index contributed by atoms with van der Waals surface area (Å²) in [5.74, 6) is 0.289. The molecule has 1 aliphatic carbocycles. The number of thiol groups is 1. The molecular weight excluding hydrogens is 346 g/mol. The van der Waals surface area contributed by atoms with Gasteiger partial charge in [0, 0.05) is 17.0 Å². The van der Waals surface area contributed by atoms with Gasteiger partial charge in [-0.15, -0.1) is 0 Å². The molecule has 0 bridgehead atoms. The third-order valence-corrected chi connectivity index (χ3v) is 5.36. The highest BCUT2D eigenvalue weighted by Crippen LogP contribution is 2.42. The number of aromatic nitrogens is 1. The summed E-state index contributed by atoms with van der Waals surface area (Å²) in [5.41, 5.74) is 1.35. The van der Waals surface area contributed by atoms with Crippen molar-refractivity contribution in [2.75, 3.05) is 6.54 Å². The number of amides is 1. The summed E-state index contributed by atoms with van der Waals surface area (Å²) >= 11 is 10.7. The fourth-order valence-corrected chi connectivity index (χ4v) is 3.98. The Hall–Kier alpha value is -1.71. The van der Waals surface area contributed by atoms with Crippen LogP contribution in [0.1, 0.15) is 36.8 Å². The second-order valence-electron chi connectivity index (χ2n) is 6.04. The number of halogens is 1. The molecule has 0 radical (unpaired) electrons. The lowest BCUT2D eigenvalue weighted by Gasteiger charge is -2.32. The Balaban J connectivity index is 1.83. The van der Waals surface area contributed by atoms with Gasteiger partial charge in [-0.3, -0.25) is 4.79 Å². The summed E-state index contributed by atoms with van der Waals surface area (Å²) < 4.78 is 5.82. The summed E-state index contributed by atoms with van der Waals surface area (Å²) in [7, 11) is 0. The zero-order valence-corrected chi connectivity index (χ0v) is 14.7. The maximum absolute atomic E-state index is 12.4. The highest BCUT2D eigenvalue weighted by atomic mass is 35.5. The number of nitrogens with zero attached hydrogens (tertiary/aromatic N) is 2. The van der Waals surface area contributed by atoms with Gasteiger partial charge in [0.05, 0.1) is 11.3 Å². The number of hydrogen-bond acceptors (Lipinski definition) is 5. The minimum Gasteiger partial charge on any atom is -0.439 e. The fraction of sp³-hybridized carbons (Fsp3) is 0.471. The van der Waals surface area contributed by atoms with Crippen LogP contribution >= 0.6 is 24.2 Å². The Morgan fingerprint density at radius 1 is 1.50 bits per heavy atom. The van der Waals surface area contributed by atoms with E-state index in [1.54, 1.807) is 12.1 Å². The number of benzene rings is 1. The molecule has 1 fully saturated rings. The van der Waals surface area contributed by atoms with Gasteiger partial charge in [0.1, 0.15) is 12.1 Å². The van der Waals surface area contributed by atoms with Gasteiger partial charge in [-0.1, -0.05) is 24.4 Å². The van der Waals surface area contributed by atoms with Crippen LogP contribution < -0.4 is 5.32 Å². The van der Waals surface area contributed by atoms with Crippen LogP contribution in [0, 0.1) is 23.2 Å². The van der Waals surface area contributed by atoms with Crippen molar-refractivity contribution in [3.05, 3.63) is 29.1 Å². The molecule has 1 N–H and O–H groups in total. The van der Waals surface area contributed by atoms with Crippen molar-refractivity contribution in [1.29, 1.82) is 5.26 Å². The smallest absolute Gasteiger partial charge is 0.224 e. The molecule has 5 nitrogen and oxygen atoms in total. The van der Waals surface area contributed by atoms with E-state index in [2.05, 4.69) is 10.3 Å². The number of carbonyl (C=O) groups is 1. The highest BCUT2D eigenvalue weighted by Gasteiger charge is 2.37. The van der Waals surface area contributed by atoms with Gasteiger partial charge in [0.25, 0.3) is 0 Å². The molecule has 2 aromatic rings. The topological polar surface area (TPSA) is 78.9 Å². The van der Waals surface area contributed by atoms with Crippen LogP contribution in [0.25, 0.3) is 11.1 Å². The molecule has 1 aliphatic rings. The van der Waals surface area contributed by atoms with Gasteiger partial charge in [0.2, 0.25) is 11.8 Å². The summed E-state index contributed by atoms with van der Waals surface area (Å²) in [5, 5.41) is 11.6. The molecule has 1 aromatic carbocycles. The first kappa shape index (κ1) is 17.1. The average molecular weight is 364 g/mol. The largest absolute Gasteiger partial charge is 0.439 e. The molecule has 1 amide bonds. The van der Waals surface area contributed by atoms with Gasteiger partial charge in [-0.25, -0.2) is 4.98 Å². The van der Waals surface area contributed by atoms with E-state index in [1.807, 2.05) is 12.1 Å². The van der Waals surface area contributed by atoms with Gasteiger partial charge in [-0.2, -0.15) is 17.9 Å². The molecule has 0 aliphatic heterocycles. The molecule has 3 rings (SSSR count). The second-order valence-corrected chi connectivity index (χ2v) is 7.03. The van der Waals surface area contributed by atoms with Crippen molar-refractivity contribution >= 4 is 41.2 Å². The molecule has 1 aromatic heterocycles. The second kappa shape index (κ2) is 7.45. The number of nitrogens with one attached hydrogen (secondary N) is 1. The van der Waals surface area contributed by atoms with Crippen LogP contribution in [0.2, 0.25) is 5.02 Å². The predicted molar refractivity (Wildman–Crippen MR) is 94.8 cm³/mol. The molecule has 0 spiro atoms. The molecule has 24 heavy (non-hydrogen) atoms. The Morgan fingerprint density at radius 3 is 3.08 bits per heavy atom. The molecule has 126 valence electrons. The summed E-state index contributed by atoms with van der Waals surface area (Å²) in [6.07, 6.45) is 3.74. The Morgan fingerprint density at radius 2 is 2.29 bits per heavy atom. The van der Waals surface area contributed by atoms with E-state index in [1.165, 1.54) is 0 Å². The Bertz CT molecular complexity index is 786. The number of nitriles is 1. The van der Waals surface area contributed by atoms with Crippen molar-refractivity contribution in [3.63, 3.8) is 0 Å². The van der Waals surface area contributed by atoms with Crippen LogP contribution in [0.3, 0.4) is 0 Å². The van der Waals surface area contributed by atoms with Crippen molar-refractivity contribution in [2.24, 2.45) is 11.8 Å². The highest BCUT2D eigenvalue weighted by molar-refractivity contribution is 7.80. The molecule has 1 heterocycles. The third-order valence-electron chi connectivity index (χ3n) is 4.52. The van der Waals surface area contributed by atoms with Crippen molar-refractivity contribution in [1.82, 2.24) is 10.3 Å². The molecule has 0 saturated heterocycles. The monoisotopic (exact) mass is 363 g/mol. The quantitative estimate of drug-likeness (QED) is 0.637. The lowest BCUT2D eigenvalue weighted by atomic mass is 9.76. The van der Waals surface area contributed by atoms with E-state index in [-0.39, 0.29) is 29.5 Å². The van der Waals surface area contributed by atoms with E-state index in [0.717, 1.165) is 31.2 Å². The lowest BCUT2D eigenvalue weighted by molar-refractivity contribution is -0.127. The van der Waals surface area contributed by atoms with Gasteiger partial charge >= 0.3 is 0 Å². The molecule has 1 saturated carbocycles. The van der Waals surface area contributed by atoms with Crippen LogP contribution in [0.15, 0.2) is 22.6 Å². The lowest BCUT2D eigenvalue weighted by Crippen LogP contribution is -2.38. The third kappa shape index (κ3) is 3.52. The van der Waals surface area contributed by atoms with Crippen LogP contribution in [-0.4, -0.2) is 17.4 Å². The van der Waals surface area contributed by atoms with E-state index in [4.69, 9.17) is 33.9 Å². The summed E-state index contributed by atoms with van der Waals surface area (Å²) in [6.45, 7) is 0.0285. The van der Waals surface area contributed by atoms with Crippen molar-refractivity contribution in [3.8, 4) is 6.07 Å². The standard InChI is InChI=1S/C17H18ClN3O2S/c18-10-5-6-13-14(9-10)23-17(21-13)15(24)11-3-1-2-4-12(11)16(22)20-8-7-19/h5-6,9,11-12,15,24H,1-4,8H2,(H,20,22)/t11-,12-,15?/m0/s1. The van der Waals surface area contributed by atoms with E-state index in [0.29, 0.717) is 16.5 Å². The van der Waals surface area contributed by atoms with Gasteiger partial charge in [-0.05, 0) is 30.9 Å². The molecular formula is C17H18ClN3O2S. The van der Waals surface area contributed by atoms with E-state index >= 15 is 0 Å². The average Bonchev–Trinajstić information content (AvgIpc) is 3.02. The fourth-order valence-electron chi connectivity index (χ4n) is 3.35. The SMILES string of the molecule is N#CCNC(=O)[C@H]1CCCC[C@@H]1C(S)c1nc2ccc(Cl)cc2o1.